The van der Waals surface area contributed by atoms with Gasteiger partial charge in [-0.05, 0) is 30.2 Å². The first kappa shape index (κ1) is 11.7. The number of halogens is 1. The van der Waals surface area contributed by atoms with Crippen molar-refractivity contribution < 1.29 is 0 Å². The van der Waals surface area contributed by atoms with Crippen molar-refractivity contribution in [3.8, 4) is 0 Å². The van der Waals surface area contributed by atoms with E-state index in [1.807, 2.05) is 19.9 Å². The highest BCUT2D eigenvalue weighted by Crippen LogP contribution is 2.14. The maximum Gasteiger partial charge on any atom is 0.0181 e. The van der Waals surface area contributed by atoms with Gasteiger partial charge in [-0.1, -0.05) is 35.8 Å². The summed E-state index contributed by atoms with van der Waals surface area (Å²) >= 11 is 3.40. The average molecular weight is 230 g/mol. The van der Waals surface area contributed by atoms with E-state index in [2.05, 4.69) is 35.0 Å². The van der Waals surface area contributed by atoms with Crippen LogP contribution < -0.4 is 5.73 Å². The molecule has 12 heavy (non-hydrogen) atoms. The topological polar surface area (TPSA) is 26.0 Å². The van der Waals surface area contributed by atoms with Crippen molar-refractivity contribution in [3.05, 3.63) is 33.8 Å². The van der Waals surface area contributed by atoms with Gasteiger partial charge in [-0.3, -0.25) is 0 Å². The molecular weight excluding hydrogens is 214 g/mol. The van der Waals surface area contributed by atoms with Crippen LogP contribution in [0.4, 0.5) is 0 Å². The molecule has 0 aliphatic rings. The van der Waals surface area contributed by atoms with E-state index < -0.39 is 0 Å². The lowest BCUT2D eigenvalue weighted by Gasteiger charge is -1.99. The zero-order chi connectivity index (χ0) is 9.56. The van der Waals surface area contributed by atoms with Crippen LogP contribution in [0.2, 0.25) is 0 Å². The maximum absolute atomic E-state index is 5.47. The molecule has 0 fully saturated rings. The second kappa shape index (κ2) is 6.21. The third-order valence-corrected chi connectivity index (χ3v) is 1.80. The first-order valence-electron chi connectivity index (χ1n) is 4.18. The summed E-state index contributed by atoms with van der Waals surface area (Å²) in [6.07, 6.45) is 0. The zero-order valence-electron chi connectivity index (χ0n) is 7.89. The lowest BCUT2D eigenvalue weighted by atomic mass is 10.1. The van der Waals surface area contributed by atoms with Gasteiger partial charge in [-0.2, -0.15) is 0 Å². The molecule has 68 valence electrons. The van der Waals surface area contributed by atoms with Crippen molar-refractivity contribution in [3.63, 3.8) is 0 Å². The fourth-order valence-electron chi connectivity index (χ4n) is 0.930. The number of benzene rings is 1. The van der Waals surface area contributed by atoms with Gasteiger partial charge in [0.25, 0.3) is 0 Å². The summed E-state index contributed by atoms with van der Waals surface area (Å²) in [6, 6.07) is 6.19. The van der Waals surface area contributed by atoms with Crippen molar-refractivity contribution in [2.75, 3.05) is 0 Å². The molecule has 0 saturated carbocycles. The van der Waals surface area contributed by atoms with Crippen LogP contribution in [0.1, 0.15) is 25.0 Å². The van der Waals surface area contributed by atoms with E-state index in [4.69, 9.17) is 5.73 Å². The smallest absolute Gasteiger partial charge is 0.0181 e. The van der Waals surface area contributed by atoms with Crippen LogP contribution in [-0.2, 0) is 6.54 Å². The molecule has 1 aromatic carbocycles. The summed E-state index contributed by atoms with van der Waals surface area (Å²) < 4.78 is 1.10. The molecule has 2 heteroatoms. The maximum atomic E-state index is 5.47. The van der Waals surface area contributed by atoms with Crippen molar-refractivity contribution in [2.24, 2.45) is 5.73 Å². The number of nitrogens with two attached hydrogens (primary N) is 1. The van der Waals surface area contributed by atoms with Gasteiger partial charge < -0.3 is 5.73 Å². The molecular formula is C10H16BrN. The Balaban J connectivity index is 0.000000561. The lowest BCUT2D eigenvalue weighted by molar-refractivity contribution is 1.06. The SMILES string of the molecule is CC.Cc1cc(Br)cc(CN)c1. The molecule has 0 atom stereocenters. The van der Waals surface area contributed by atoms with Gasteiger partial charge in [-0.25, -0.2) is 0 Å². The van der Waals surface area contributed by atoms with E-state index in [-0.39, 0.29) is 0 Å². The van der Waals surface area contributed by atoms with Gasteiger partial charge in [0.1, 0.15) is 0 Å². The summed E-state index contributed by atoms with van der Waals surface area (Å²) in [5.74, 6) is 0. The van der Waals surface area contributed by atoms with Crippen LogP contribution in [-0.4, -0.2) is 0 Å². The third kappa shape index (κ3) is 3.88. The van der Waals surface area contributed by atoms with Crippen LogP contribution in [0.3, 0.4) is 0 Å². The molecule has 0 unspecified atom stereocenters. The molecule has 0 saturated heterocycles. The van der Waals surface area contributed by atoms with E-state index in [0.717, 1.165) is 4.47 Å². The van der Waals surface area contributed by atoms with Gasteiger partial charge >= 0.3 is 0 Å². The zero-order valence-corrected chi connectivity index (χ0v) is 9.48. The highest BCUT2D eigenvalue weighted by molar-refractivity contribution is 9.10. The van der Waals surface area contributed by atoms with Crippen LogP contribution in [0.15, 0.2) is 22.7 Å². The summed E-state index contributed by atoms with van der Waals surface area (Å²) in [4.78, 5) is 0. The van der Waals surface area contributed by atoms with Crippen molar-refractivity contribution >= 4 is 15.9 Å². The van der Waals surface area contributed by atoms with E-state index >= 15 is 0 Å². The highest BCUT2D eigenvalue weighted by atomic mass is 79.9. The fraction of sp³-hybridized carbons (Fsp3) is 0.400. The standard InChI is InChI=1S/C8H10BrN.C2H6/c1-6-2-7(5-10)4-8(9)3-6;1-2/h2-4H,5,10H2,1H3;1-2H3. The number of rotatable bonds is 1. The Morgan fingerprint density at radius 1 is 1.25 bits per heavy atom. The molecule has 0 aliphatic heterocycles. The molecule has 1 nitrogen and oxygen atoms in total. The highest BCUT2D eigenvalue weighted by Gasteiger charge is 1.92. The normalized spacial score (nSPS) is 8.75. The molecule has 1 aromatic rings. The minimum atomic E-state index is 0.611. The van der Waals surface area contributed by atoms with Gasteiger partial charge in [0.2, 0.25) is 0 Å². The Labute approximate surface area is 83.1 Å². The monoisotopic (exact) mass is 229 g/mol. The van der Waals surface area contributed by atoms with Crippen LogP contribution in [0.5, 0.6) is 0 Å². The molecule has 0 aliphatic carbocycles. The Hall–Kier alpha value is -0.340. The largest absolute Gasteiger partial charge is 0.326 e. The van der Waals surface area contributed by atoms with Crippen LogP contribution >= 0.6 is 15.9 Å². The van der Waals surface area contributed by atoms with Gasteiger partial charge in [0.05, 0.1) is 0 Å². The molecule has 0 amide bonds. The minimum absolute atomic E-state index is 0.611. The van der Waals surface area contributed by atoms with Gasteiger partial charge in [0.15, 0.2) is 0 Å². The molecule has 0 aromatic heterocycles. The Morgan fingerprint density at radius 2 is 1.83 bits per heavy atom. The quantitative estimate of drug-likeness (QED) is 0.787. The van der Waals surface area contributed by atoms with Gasteiger partial charge in [-0.15, -0.1) is 0 Å². The molecule has 0 radical (unpaired) electrons. The van der Waals surface area contributed by atoms with Crippen LogP contribution in [0.25, 0.3) is 0 Å². The van der Waals surface area contributed by atoms with E-state index in [0.29, 0.717) is 6.54 Å². The van der Waals surface area contributed by atoms with E-state index in [9.17, 15) is 0 Å². The molecule has 0 heterocycles. The Bertz CT molecular complexity index is 213. The Morgan fingerprint density at radius 3 is 2.25 bits per heavy atom. The predicted molar refractivity (Wildman–Crippen MR) is 58.1 cm³/mol. The predicted octanol–water partition coefficient (Wildman–Crippen LogP) is 3.24. The van der Waals surface area contributed by atoms with Crippen LogP contribution in [0, 0.1) is 6.92 Å². The van der Waals surface area contributed by atoms with E-state index in [1.54, 1.807) is 0 Å². The number of hydrogen-bond acceptors (Lipinski definition) is 1. The first-order chi connectivity index (χ1) is 5.72. The molecule has 0 bridgehead atoms. The molecule has 2 N–H and O–H groups in total. The third-order valence-electron chi connectivity index (χ3n) is 1.34. The second-order valence-corrected chi connectivity index (χ2v) is 3.26. The van der Waals surface area contributed by atoms with Gasteiger partial charge in [0, 0.05) is 11.0 Å². The minimum Gasteiger partial charge on any atom is -0.326 e. The summed E-state index contributed by atoms with van der Waals surface area (Å²) in [5, 5.41) is 0. The number of aryl methyl sites for hydroxylation is 1. The average Bonchev–Trinajstić information content (AvgIpc) is 2.06. The van der Waals surface area contributed by atoms with Crippen molar-refractivity contribution in [1.29, 1.82) is 0 Å². The first-order valence-corrected chi connectivity index (χ1v) is 4.98. The van der Waals surface area contributed by atoms with Crippen molar-refractivity contribution in [1.82, 2.24) is 0 Å². The number of hydrogen-bond donors (Lipinski definition) is 1. The summed E-state index contributed by atoms with van der Waals surface area (Å²) in [6.45, 7) is 6.67. The summed E-state index contributed by atoms with van der Waals surface area (Å²) in [7, 11) is 0. The second-order valence-electron chi connectivity index (χ2n) is 2.34. The van der Waals surface area contributed by atoms with Crippen molar-refractivity contribution in [2.45, 2.75) is 27.3 Å². The Kier molecular flexibility index (Phi) is 6.03. The summed E-state index contributed by atoms with van der Waals surface area (Å²) in [5.41, 5.74) is 7.88. The fourth-order valence-corrected chi connectivity index (χ4v) is 1.59. The molecule has 0 spiro atoms. The van der Waals surface area contributed by atoms with E-state index in [1.165, 1.54) is 11.1 Å². The molecule has 1 rings (SSSR count). The lowest BCUT2D eigenvalue weighted by Crippen LogP contribution is -1.96.